The van der Waals surface area contributed by atoms with E-state index in [1.807, 2.05) is 30.3 Å². The lowest BCUT2D eigenvalue weighted by Crippen LogP contribution is -2.04. The fraction of sp³-hybridized carbons (Fsp3) is 0.263. The predicted octanol–water partition coefficient (Wildman–Crippen LogP) is 3.37. The zero-order chi connectivity index (χ0) is 16.4. The lowest BCUT2D eigenvalue weighted by molar-refractivity contribution is 0.304. The summed E-state index contributed by atoms with van der Waals surface area (Å²) in [6.07, 6.45) is 5.85. The summed E-state index contributed by atoms with van der Waals surface area (Å²) in [5.41, 5.74) is 2.79. The number of methoxy groups -OCH3 is 3. The first-order chi connectivity index (χ1) is 11.2. The lowest BCUT2D eigenvalue weighted by Gasteiger charge is -2.18. The summed E-state index contributed by atoms with van der Waals surface area (Å²) in [5.74, 6) is 5.49. The molecule has 0 spiro atoms. The molecule has 0 saturated carbocycles. The second kappa shape index (κ2) is 6.13. The molecule has 1 aliphatic heterocycles. The van der Waals surface area contributed by atoms with Gasteiger partial charge in [-0.05, 0) is 24.3 Å². The average Bonchev–Trinajstić information content (AvgIpc) is 2.76. The number of hydrogen-bond acceptors (Lipinski definition) is 4. The van der Waals surface area contributed by atoms with Gasteiger partial charge < -0.3 is 18.9 Å². The summed E-state index contributed by atoms with van der Waals surface area (Å²) in [6.45, 7) is 0.403. The SMILES string of the molecule is C#CC1c2cc(OC)ccc2OCc2cc(OC)cc(OC)c21. The summed E-state index contributed by atoms with van der Waals surface area (Å²) < 4.78 is 22.2. The van der Waals surface area contributed by atoms with Crippen molar-refractivity contribution in [1.29, 1.82) is 0 Å². The summed E-state index contributed by atoms with van der Waals surface area (Å²) in [6, 6.07) is 9.44. The minimum absolute atomic E-state index is 0.279. The molecule has 0 radical (unpaired) electrons. The van der Waals surface area contributed by atoms with Crippen molar-refractivity contribution < 1.29 is 18.9 Å². The predicted molar refractivity (Wildman–Crippen MR) is 87.5 cm³/mol. The van der Waals surface area contributed by atoms with Crippen molar-refractivity contribution in [3.63, 3.8) is 0 Å². The van der Waals surface area contributed by atoms with Crippen molar-refractivity contribution in [2.75, 3.05) is 21.3 Å². The number of hydrogen-bond donors (Lipinski definition) is 0. The van der Waals surface area contributed by atoms with Crippen LogP contribution in [0.15, 0.2) is 30.3 Å². The second-order valence-corrected chi connectivity index (χ2v) is 5.19. The van der Waals surface area contributed by atoms with Crippen molar-refractivity contribution in [3.05, 3.63) is 47.0 Å². The Morgan fingerprint density at radius 3 is 2.48 bits per heavy atom. The standard InChI is InChI=1S/C19H18O4/c1-5-15-16-9-13(20-2)6-7-17(16)23-11-12-8-14(21-3)10-18(22-4)19(12)15/h1,6-10,15H,11H2,2-4H3. The molecule has 0 amide bonds. The molecule has 3 rings (SSSR count). The molecule has 1 aliphatic rings. The van der Waals surface area contributed by atoms with Crippen LogP contribution >= 0.6 is 0 Å². The van der Waals surface area contributed by atoms with Crippen LogP contribution in [0.5, 0.6) is 23.0 Å². The molecule has 0 saturated heterocycles. The van der Waals surface area contributed by atoms with Crippen LogP contribution in [0.1, 0.15) is 22.6 Å². The first-order valence-electron chi connectivity index (χ1n) is 7.23. The van der Waals surface area contributed by atoms with E-state index in [0.717, 1.165) is 28.2 Å². The minimum Gasteiger partial charge on any atom is -0.497 e. The summed E-state index contributed by atoms with van der Waals surface area (Å²) in [5, 5.41) is 0. The Balaban J connectivity index is 2.24. The molecular weight excluding hydrogens is 292 g/mol. The highest BCUT2D eigenvalue weighted by Crippen LogP contribution is 2.44. The number of ether oxygens (including phenoxy) is 4. The van der Waals surface area contributed by atoms with E-state index in [1.165, 1.54) is 0 Å². The van der Waals surface area contributed by atoms with Gasteiger partial charge in [0.25, 0.3) is 0 Å². The van der Waals surface area contributed by atoms with Gasteiger partial charge in [-0.1, -0.05) is 5.92 Å². The Labute approximate surface area is 135 Å². The Morgan fingerprint density at radius 1 is 1.04 bits per heavy atom. The summed E-state index contributed by atoms with van der Waals surface area (Å²) in [4.78, 5) is 0. The zero-order valence-electron chi connectivity index (χ0n) is 13.4. The van der Waals surface area contributed by atoms with Crippen LogP contribution in [0, 0.1) is 12.3 Å². The van der Waals surface area contributed by atoms with E-state index < -0.39 is 0 Å². The topological polar surface area (TPSA) is 36.9 Å². The van der Waals surface area contributed by atoms with Gasteiger partial charge in [0.1, 0.15) is 29.6 Å². The molecule has 23 heavy (non-hydrogen) atoms. The van der Waals surface area contributed by atoms with Crippen LogP contribution in [0.25, 0.3) is 0 Å². The second-order valence-electron chi connectivity index (χ2n) is 5.19. The largest absolute Gasteiger partial charge is 0.497 e. The number of benzene rings is 2. The fourth-order valence-corrected chi connectivity index (χ4v) is 2.88. The zero-order valence-corrected chi connectivity index (χ0v) is 13.4. The van der Waals surface area contributed by atoms with Crippen LogP contribution < -0.4 is 18.9 Å². The van der Waals surface area contributed by atoms with Gasteiger partial charge in [0.15, 0.2) is 0 Å². The summed E-state index contributed by atoms with van der Waals surface area (Å²) in [7, 11) is 4.88. The van der Waals surface area contributed by atoms with Crippen LogP contribution in [0.4, 0.5) is 0 Å². The first kappa shape index (κ1) is 15.1. The van der Waals surface area contributed by atoms with Crippen molar-refractivity contribution in [1.82, 2.24) is 0 Å². The molecule has 2 aromatic rings. The van der Waals surface area contributed by atoms with Gasteiger partial charge in [0.05, 0.1) is 27.2 Å². The Kier molecular flexibility index (Phi) is 4.03. The minimum atomic E-state index is -0.279. The number of terminal acetylenes is 1. The van der Waals surface area contributed by atoms with Gasteiger partial charge in [-0.25, -0.2) is 0 Å². The monoisotopic (exact) mass is 310 g/mol. The Hall–Kier alpha value is -2.80. The molecule has 0 bridgehead atoms. The molecule has 1 atom stereocenters. The lowest BCUT2D eigenvalue weighted by atomic mass is 9.88. The maximum atomic E-state index is 5.94. The molecular formula is C19H18O4. The van der Waals surface area contributed by atoms with Gasteiger partial charge >= 0.3 is 0 Å². The normalized spacial score (nSPS) is 15.3. The van der Waals surface area contributed by atoms with Crippen LogP contribution in [-0.4, -0.2) is 21.3 Å². The molecule has 4 nitrogen and oxygen atoms in total. The van der Waals surface area contributed by atoms with E-state index in [0.29, 0.717) is 18.1 Å². The molecule has 0 aromatic heterocycles. The smallest absolute Gasteiger partial charge is 0.127 e. The maximum absolute atomic E-state index is 5.94. The molecule has 2 aromatic carbocycles. The van der Waals surface area contributed by atoms with E-state index in [4.69, 9.17) is 25.4 Å². The van der Waals surface area contributed by atoms with E-state index in [2.05, 4.69) is 5.92 Å². The highest BCUT2D eigenvalue weighted by atomic mass is 16.5. The van der Waals surface area contributed by atoms with Crippen molar-refractivity contribution >= 4 is 0 Å². The third kappa shape index (κ3) is 2.55. The van der Waals surface area contributed by atoms with Crippen molar-refractivity contribution in [2.45, 2.75) is 12.5 Å². The maximum Gasteiger partial charge on any atom is 0.127 e. The molecule has 1 heterocycles. The van der Waals surface area contributed by atoms with Gasteiger partial charge in [-0.2, -0.15) is 0 Å². The fourth-order valence-electron chi connectivity index (χ4n) is 2.88. The van der Waals surface area contributed by atoms with Gasteiger partial charge in [0, 0.05) is 22.8 Å². The van der Waals surface area contributed by atoms with E-state index in [1.54, 1.807) is 21.3 Å². The highest BCUT2D eigenvalue weighted by Gasteiger charge is 2.28. The Bertz CT molecular complexity index is 774. The van der Waals surface area contributed by atoms with Crippen LogP contribution in [0.2, 0.25) is 0 Å². The van der Waals surface area contributed by atoms with Crippen molar-refractivity contribution in [3.8, 4) is 35.3 Å². The van der Waals surface area contributed by atoms with Gasteiger partial charge in [-0.15, -0.1) is 6.42 Å². The van der Waals surface area contributed by atoms with E-state index >= 15 is 0 Å². The Morgan fingerprint density at radius 2 is 1.83 bits per heavy atom. The van der Waals surface area contributed by atoms with E-state index in [-0.39, 0.29) is 5.92 Å². The molecule has 1 unspecified atom stereocenters. The average molecular weight is 310 g/mol. The van der Waals surface area contributed by atoms with Gasteiger partial charge in [0.2, 0.25) is 0 Å². The van der Waals surface area contributed by atoms with Crippen LogP contribution in [0.3, 0.4) is 0 Å². The van der Waals surface area contributed by atoms with Crippen LogP contribution in [-0.2, 0) is 6.61 Å². The number of fused-ring (bicyclic) bond motifs is 2. The van der Waals surface area contributed by atoms with E-state index in [9.17, 15) is 0 Å². The third-order valence-corrected chi connectivity index (χ3v) is 4.02. The third-order valence-electron chi connectivity index (χ3n) is 4.02. The van der Waals surface area contributed by atoms with Gasteiger partial charge in [-0.3, -0.25) is 0 Å². The molecule has 0 N–H and O–H groups in total. The molecule has 118 valence electrons. The molecule has 4 heteroatoms. The molecule has 0 fully saturated rings. The number of rotatable bonds is 3. The van der Waals surface area contributed by atoms with Crippen molar-refractivity contribution in [2.24, 2.45) is 0 Å². The highest BCUT2D eigenvalue weighted by molar-refractivity contribution is 5.59. The summed E-state index contributed by atoms with van der Waals surface area (Å²) >= 11 is 0. The first-order valence-corrected chi connectivity index (χ1v) is 7.23. The molecule has 0 aliphatic carbocycles. The quantitative estimate of drug-likeness (QED) is 0.815.